The van der Waals surface area contributed by atoms with Gasteiger partial charge in [0.25, 0.3) is 15.9 Å². The predicted molar refractivity (Wildman–Crippen MR) is 80.3 cm³/mol. The summed E-state index contributed by atoms with van der Waals surface area (Å²) in [5, 5.41) is 0. The molecule has 106 valence electrons. The van der Waals surface area contributed by atoms with Crippen LogP contribution in [0.5, 0.6) is 0 Å². The van der Waals surface area contributed by atoms with E-state index >= 15 is 0 Å². The van der Waals surface area contributed by atoms with Crippen LogP contribution in [0.15, 0.2) is 66.7 Å². The summed E-state index contributed by atoms with van der Waals surface area (Å²) >= 11 is 0. The number of rotatable bonds is 3. The summed E-state index contributed by atoms with van der Waals surface area (Å²) in [6.45, 7) is 0.0504. The van der Waals surface area contributed by atoms with Crippen LogP contribution in [0.2, 0.25) is 0 Å². The molecule has 0 unspecified atom stereocenters. The summed E-state index contributed by atoms with van der Waals surface area (Å²) in [4.78, 5) is 12.1. The number of carbonyl (C=O) groups excluding carboxylic acids is 1. The van der Waals surface area contributed by atoms with Crippen molar-refractivity contribution < 1.29 is 13.2 Å². The molecule has 0 radical (unpaired) electrons. The third-order valence-electron chi connectivity index (χ3n) is 3.30. The molecule has 5 heteroatoms. The number of benzene rings is 2. The molecule has 0 saturated carbocycles. The molecule has 0 saturated heterocycles. The van der Waals surface area contributed by atoms with Crippen molar-refractivity contribution in [2.75, 3.05) is 0 Å². The Bertz CT molecular complexity index is 796. The molecule has 3 rings (SSSR count). The third-order valence-corrected chi connectivity index (χ3v) is 5.09. The van der Waals surface area contributed by atoms with Crippen LogP contribution in [0.3, 0.4) is 0 Å². The number of hydrogen-bond donors (Lipinski definition) is 0. The Labute approximate surface area is 123 Å². The smallest absolute Gasteiger partial charge is 0.267 e. The van der Waals surface area contributed by atoms with Crippen LogP contribution in [-0.4, -0.2) is 18.6 Å². The van der Waals surface area contributed by atoms with E-state index in [1.165, 1.54) is 6.08 Å². The van der Waals surface area contributed by atoms with Gasteiger partial charge in [0, 0.05) is 6.08 Å². The molecule has 1 aliphatic rings. The van der Waals surface area contributed by atoms with E-state index in [1.807, 2.05) is 18.2 Å². The summed E-state index contributed by atoms with van der Waals surface area (Å²) in [6, 6.07) is 17.7. The van der Waals surface area contributed by atoms with Crippen molar-refractivity contribution in [3.05, 3.63) is 77.9 Å². The average molecular weight is 299 g/mol. The second kappa shape index (κ2) is 5.18. The molecule has 0 aliphatic carbocycles. The summed E-state index contributed by atoms with van der Waals surface area (Å²) in [6.07, 6.45) is 1.19. The van der Waals surface area contributed by atoms with Crippen molar-refractivity contribution in [1.82, 2.24) is 4.31 Å². The molecule has 2 aromatic rings. The van der Waals surface area contributed by atoms with Crippen LogP contribution < -0.4 is 0 Å². The van der Waals surface area contributed by atoms with Crippen LogP contribution >= 0.6 is 0 Å². The Balaban J connectivity index is 1.95. The first kappa shape index (κ1) is 13.6. The van der Waals surface area contributed by atoms with Gasteiger partial charge in [-0.1, -0.05) is 60.7 Å². The van der Waals surface area contributed by atoms with Crippen molar-refractivity contribution >= 4 is 20.8 Å². The van der Waals surface area contributed by atoms with E-state index in [0.717, 1.165) is 9.87 Å². The Morgan fingerprint density at radius 1 is 0.857 bits per heavy atom. The first-order valence-corrected chi connectivity index (χ1v) is 7.91. The van der Waals surface area contributed by atoms with Crippen LogP contribution in [0.25, 0.3) is 4.91 Å². The molecule has 0 spiro atoms. The molecule has 1 aliphatic heterocycles. The molecule has 21 heavy (non-hydrogen) atoms. The molecule has 2 aromatic carbocycles. The quantitative estimate of drug-likeness (QED) is 0.874. The van der Waals surface area contributed by atoms with Gasteiger partial charge in [0.2, 0.25) is 0 Å². The van der Waals surface area contributed by atoms with E-state index in [0.29, 0.717) is 5.56 Å². The van der Waals surface area contributed by atoms with Gasteiger partial charge in [-0.2, -0.15) is 0 Å². The second-order valence-electron chi connectivity index (χ2n) is 4.71. The first-order valence-electron chi connectivity index (χ1n) is 6.47. The Hall–Kier alpha value is -2.40. The predicted octanol–water partition coefficient (Wildman–Crippen LogP) is 2.40. The maximum Gasteiger partial charge on any atom is 0.267 e. The highest BCUT2D eigenvalue weighted by Gasteiger charge is 2.37. The van der Waals surface area contributed by atoms with E-state index in [-0.39, 0.29) is 11.4 Å². The van der Waals surface area contributed by atoms with Crippen LogP contribution in [0.1, 0.15) is 11.1 Å². The second-order valence-corrected chi connectivity index (χ2v) is 6.54. The normalized spacial score (nSPS) is 16.9. The minimum absolute atomic E-state index is 0.0504. The number of amides is 1. The van der Waals surface area contributed by atoms with Crippen molar-refractivity contribution in [2.24, 2.45) is 0 Å². The van der Waals surface area contributed by atoms with Crippen molar-refractivity contribution in [3.8, 4) is 0 Å². The van der Waals surface area contributed by atoms with Gasteiger partial charge in [-0.25, -0.2) is 12.7 Å². The molecule has 0 fully saturated rings. The third kappa shape index (κ3) is 2.48. The van der Waals surface area contributed by atoms with Gasteiger partial charge in [0.1, 0.15) is 4.91 Å². The highest BCUT2D eigenvalue weighted by molar-refractivity contribution is 7.99. The zero-order valence-corrected chi connectivity index (χ0v) is 12.0. The lowest BCUT2D eigenvalue weighted by Gasteiger charge is -2.16. The van der Waals surface area contributed by atoms with Gasteiger partial charge in [-0.05, 0) is 11.1 Å². The van der Waals surface area contributed by atoms with Crippen molar-refractivity contribution in [2.45, 2.75) is 6.54 Å². The zero-order valence-electron chi connectivity index (χ0n) is 11.1. The van der Waals surface area contributed by atoms with Gasteiger partial charge in [0.15, 0.2) is 0 Å². The summed E-state index contributed by atoms with van der Waals surface area (Å²) in [7, 11) is -3.78. The van der Waals surface area contributed by atoms with Crippen LogP contribution in [0, 0.1) is 0 Å². The fourth-order valence-electron chi connectivity index (χ4n) is 2.24. The lowest BCUT2D eigenvalue weighted by Crippen LogP contribution is -2.30. The Morgan fingerprint density at radius 2 is 1.43 bits per heavy atom. The number of sulfonamides is 1. The fraction of sp³-hybridized carbons (Fsp3) is 0.0625. The van der Waals surface area contributed by atoms with Crippen LogP contribution in [-0.2, 0) is 21.4 Å². The molecule has 4 nitrogen and oxygen atoms in total. The minimum atomic E-state index is -3.78. The molecular formula is C16H13NO3S. The van der Waals surface area contributed by atoms with Gasteiger partial charge in [0.05, 0.1) is 6.54 Å². The zero-order chi connectivity index (χ0) is 14.9. The lowest BCUT2D eigenvalue weighted by atomic mass is 10.2. The molecule has 0 aromatic heterocycles. The molecule has 1 heterocycles. The van der Waals surface area contributed by atoms with E-state index in [9.17, 15) is 13.2 Å². The van der Waals surface area contributed by atoms with Gasteiger partial charge < -0.3 is 0 Å². The average Bonchev–Trinajstić information content (AvgIpc) is 2.73. The van der Waals surface area contributed by atoms with Crippen LogP contribution in [0.4, 0.5) is 0 Å². The van der Waals surface area contributed by atoms with Crippen molar-refractivity contribution in [3.63, 3.8) is 0 Å². The lowest BCUT2D eigenvalue weighted by molar-refractivity contribution is -0.121. The molecule has 0 atom stereocenters. The number of hydrogen-bond acceptors (Lipinski definition) is 3. The first-order chi connectivity index (χ1) is 10.1. The van der Waals surface area contributed by atoms with Crippen molar-refractivity contribution in [1.29, 1.82) is 0 Å². The monoisotopic (exact) mass is 299 g/mol. The standard InChI is InChI=1S/C16H13NO3S/c18-16-11-15(14-9-5-2-6-10-14)21(19,20)17(16)12-13-7-3-1-4-8-13/h1-11H,12H2. The highest BCUT2D eigenvalue weighted by Crippen LogP contribution is 2.31. The van der Waals surface area contributed by atoms with Gasteiger partial charge in [-0.3, -0.25) is 4.79 Å². The van der Waals surface area contributed by atoms with E-state index in [4.69, 9.17) is 0 Å². The summed E-state index contributed by atoms with van der Waals surface area (Å²) < 4.78 is 26.0. The number of nitrogens with zero attached hydrogens (tertiary/aromatic N) is 1. The maximum atomic E-state index is 12.5. The molecule has 0 bridgehead atoms. The Morgan fingerprint density at radius 3 is 2.05 bits per heavy atom. The van der Waals surface area contributed by atoms with Gasteiger partial charge >= 0.3 is 0 Å². The largest absolute Gasteiger partial charge is 0.269 e. The minimum Gasteiger partial charge on any atom is -0.269 e. The molecular weight excluding hydrogens is 286 g/mol. The highest BCUT2D eigenvalue weighted by atomic mass is 32.2. The topological polar surface area (TPSA) is 54.5 Å². The Kier molecular flexibility index (Phi) is 3.35. The maximum absolute atomic E-state index is 12.5. The molecule has 1 amide bonds. The summed E-state index contributed by atoms with van der Waals surface area (Å²) in [5.41, 5.74) is 1.30. The fourth-order valence-corrected chi connectivity index (χ4v) is 3.77. The van der Waals surface area contributed by atoms with E-state index < -0.39 is 15.9 Å². The SMILES string of the molecule is O=C1C=C(c2ccccc2)S(=O)(=O)N1Cc1ccccc1. The van der Waals surface area contributed by atoms with E-state index in [1.54, 1.807) is 42.5 Å². The van der Waals surface area contributed by atoms with Gasteiger partial charge in [-0.15, -0.1) is 0 Å². The van der Waals surface area contributed by atoms with E-state index in [2.05, 4.69) is 0 Å². The molecule has 0 N–H and O–H groups in total. The number of carbonyl (C=O) groups is 1. The summed E-state index contributed by atoms with van der Waals surface area (Å²) in [5.74, 6) is -0.502.